The third-order valence-electron chi connectivity index (χ3n) is 3.27. The van der Waals surface area contributed by atoms with Gasteiger partial charge in [0, 0.05) is 12.2 Å². The van der Waals surface area contributed by atoms with E-state index >= 15 is 0 Å². The fourth-order valence-electron chi connectivity index (χ4n) is 2.01. The molecule has 0 aliphatic heterocycles. The molecule has 4 heteroatoms. The maximum Gasteiger partial charge on any atom is 0.144 e. The minimum atomic E-state index is 0.268. The number of hydrogen-bond donors (Lipinski definition) is 2. The maximum atomic E-state index is 9.25. The van der Waals surface area contributed by atoms with Gasteiger partial charge in [-0.05, 0) is 42.2 Å². The molecule has 4 nitrogen and oxygen atoms in total. The van der Waals surface area contributed by atoms with Gasteiger partial charge in [0.1, 0.15) is 17.6 Å². The van der Waals surface area contributed by atoms with E-state index in [9.17, 15) is 5.11 Å². The molecule has 0 aliphatic carbocycles. The van der Waals surface area contributed by atoms with Crippen molar-refractivity contribution in [1.82, 2.24) is 4.98 Å². The fourth-order valence-corrected chi connectivity index (χ4v) is 2.01. The Bertz CT molecular complexity index is 642. The number of pyridine rings is 1. The van der Waals surface area contributed by atoms with Gasteiger partial charge in [-0.25, -0.2) is 4.98 Å². The Hall–Kier alpha value is -2.54. The largest absolute Gasteiger partial charge is 0.508 e. The molecule has 2 N–H and O–H groups in total. The number of nitrogens with one attached hydrogen (secondary N) is 1. The highest BCUT2D eigenvalue weighted by Crippen LogP contribution is 2.18. The highest BCUT2D eigenvalue weighted by molar-refractivity contribution is 5.52. The third kappa shape index (κ3) is 3.96. The van der Waals surface area contributed by atoms with E-state index in [1.165, 1.54) is 0 Å². The van der Waals surface area contributed by atoms with E-state index in [1.807, 2.05) is 24.3 Å². The number of phenolic OH excluding ortho intramolecular Hbond substituents is 1. The van der Waals surface area contributed by atoms with E-state index < -0.39 is 0 Å². The summed E-state index contributed by atoms with van der Waals surface area (Å²) in [4.78, 5) is 4.51. The van der Waals surface area contributed by atoms with Crippen LogP contribution < -0.4 is 5.32 Å². The molecule has 0 spiro atoms. The first-order chi connectivity index (χ1) is 10.1. The molecule has 0 fully saturated rings. The van der Waals surface area contributed by atoms with Crippen LogP contribution in [0, 0.1) is 11.3 Å². The first-order valence-electron chi connectivity index (χ1n) is 7.03. The van der Waals surface area contributed by atoms with Gasteiger partial charge >= 0.3 is 0 Å². The zero-order chi connectivity index (χ0) is 15.2. The highest BCUT2D eigenvalue weighted by atomic mass is 16.3. The van der Waals surface area contributed by atoms with Gasteiger partial charge in [-0.15, -0.1) is 0 Å². The second-order valence-electron chi connectivity index (χ2n) is 5.24. The number of aromatic nitrogens is 1. The van der Waals surface area contributed by atoms with Crippen molar-refractivity contribution in [2.24, 2.45) is 0 Å². The molecule has 1 heterocycles. The second-order valence-corrected chi connectivity index (χ2v) is 5.24. The Morgan fingerprint density at radius 1 is 1.19 bits per heavy atom. The minimum Gasteiger partial charge on any atom is -0.508 e. The van der Waals surface area contributed by atoms with Gasteiger partial charge in [0.2, 0.25) is 0 Å². The topological polar surface area (TPSA) is 68.9 Å². The van der Waals surface area contributed by atoms with Gasteiger partial charge in [0.15, 0.2) is 0 Å². The molecule has 0 saturated heterocycles. The van der Waals surface area contributed by atoms with Crippen LogP contribution in [0.2, 0.25) is 0 Å². The van der Waals surface area contributed by atoms with Crippen LogP contribution >= 0.6 is 0 Å². The van der Waals surface area contributed by atoms with Crippen molar-refractivity contribution < 1.29 is 5.11 Å². The molecule has 0 atom stereocenters. The number of hydrogen-bond acceptors (Lipinski definition) is 4. The quantitative estimate of drug-likeness (QED) is 0.881. The van der Waals surface area contributed by atoms with Gasteiger partial charge in [0.05, 0.1) is 5.56 Å². The van der Waals surface area contributed by atoms with Crippen LogP contribution in [0.15, 0.2) is 36.4 Å². The van der Waals surface area contributed by atoms with Crippen LogP contribution in [-0.4, -0.2) is 16.6 Å². The van der Waals surface area contributed by atoms with Crippen LogP contribution in [0.1, 0.15) is 36.6 Å². The number of nitriles is 1. The van der Waals surface area contributed by atoms with E-state index in [4.69, 9.17) is 5.26 Å². The molecule has 0 aliphatic rings. The third-order valence-corrected chi connectivity index (χ3v) is 3.27. The Kier molecular flexibility index (Phi) is 4.78. The lowest BCUT2D eigenvalue weighted by atomic mass is 10.1. The van der Waals surface area contributed by atoms with Gasteiger partial charge in [0.25, 0.3) is 0 Å². The van der Waals surface area contributed by atoms with Crippen molar-refractivity contribution in [2.45, 2.75) is 26.2 Å². The first kappa shape index (κ1) is 14.9. The van der Waals surface area contributed by atoms with Crippen molar-refractivity contribution in [2.75, 3.05) is 11.9 Å². The molecule has 1 aromatic heterocycles. The van der Waals surface area contributed by atoms with Gasteiger partial charge < -0.3 is 10.4 Å². The summed E-state index contributed by atoms with van der Waals surface area (Å²) in [5.41, 5.74) is 2.66. The molecule has 2 aromatic rings. The lowest BCUT2D eigenvalue weighted by Gasteiger charge is -2.11. The predicted octanol–water partition coefficient (Wildman–Crippen LogP) is 3.44. The van der Waals surface area contributed by atoms with Crippen molar-refractivity contribution in [1.29, 1.82) is 5.26 Å². The number of rotatable bonds is 5. The summed E-state index contributed by atoms with van der Waals surface area (Å²) < 4.78 is 0. The molecule has 2 rings (SSSR count). The van der Waals surface area contributed by atoms with Crippen LogP contribution in [0.25, 0.3) is 0 Å². The lowest BCUT2D eigenvalue weighted by Crippen LogP contribution is -2.09. The van der Waals surface area contributed by atoms with E-state index in [2.05, 4.69) is 30.2 Å². The average Bonchev–Trinajstić information content (AvgIpc) is 2.49. The molecular weight excluding hydrogens is 262 g/mol. The van der Waals surface area contributed by atoms with Gasteiger partial charge in [-0.1, -0.05) is 26.0 Å². The Morgan fingerprint density at radius 2 is 1.90 bits per heavy atom. The van der Waals surface area contributed by atoms with Crippen molar-refractivity contribution in [3.8, 4) is 11.8 Å². The first-order valence-corrected chi connectivity index (χ1v) is 7.03. The smallest absolute Gasteiger partial charge is 0.144 e. The number of anilines is 1. The average molecular weight is 281 g/mol. The molecule has 0 unspecified atom stereocenters. The maximum absolute atomic E-state index is 9.25. The van der Waals surface area contributed by atoms with Gasteiger partial charge in [-0.3, -0.25) is 0 Å². The summed E-state index contributed by atoms with van der Waals surface area (Å²) in [5, 5.41) is 21.6. The number of aromatic hydroxyl groups is 1. The van der Waals surface area contributed by atoms with Crippen molar-refractivity contribution in [3.05, 3.63) is 53.2 Å². The molecule has 0 radical (unpaired) electrons. The molecule has 21 heavy (non-hydrogen) atoms. The number of phenols is 1. The fraction of sp³-hybridized carbons (Fsp3) is 0.294. The summed E-state index contributed by atoms with van der Waals surface area (Å²) >= 11 is 0. The monoisotopic (exact) mass is 281 g/mol. The Morgan fingerprint density at radius 3 is 2.52 bits per heavy atom. The zero-order valence-corrected chi connectivity index (χ0v) is 12.3. The van der Waals surface area contributed by atoms with Crippen LogP contribution in [0.5, 0.6) is 5.75 Å². The highest BCUT2D eigenvalue weighted by Gasteiger charge is 2.07. The van der Waals surface area contributed by atoms with E-state index in [0.717, 1.165) is 17.7 Å². The summed E-state index contributed by atoms with van der Waals surface area (Å²) in [5.74, 6) is 1.24. The molecule has 0 bridgehead atoms. The van der Waals surface area contributed by atoms with E-state index in [1.54, 1.807) is 12.1 Å². The summed E-state index contributed by atoms with van der Waals surface area (Å²) in [6, 6.07) is 13.0. The molecule has 0 saturated carbocycles. The SMILES string of the molecule is CC(C)c1ccc(C#N)c(NCCc2ccc(O)cc2)n1. The molecular formula is C17H19N3O. The Balaban J connectivity index is 2.03. The standard InChI is InChI=1S/C17H19N3O/c1-12(2)16-8-5-14(11-18)17(20-16)19-10-9-13-3-6-15(21)7-4-13/h3-8,12,21H,9-10H2,1-2H3,(H,19,20). The predicted molar refractivity (Wildman–Crippen MR) is 83.3 cm³/mol. The molecule has 0 amide bonds. The molecule has 108 valence electrons. The van der Waals surface area contributed by atoms with Crippen molar-refractivity contribution >= 4 is 5.82 Å². The zero-order valence-electron chi connectivity index (χ0n) is 12.3. The van der Waals surface area contributed by atoms with Crippen LogP contribution in [-0.2, 0) is 6.42 Å². The normalized spacial score (nSPS) is 10.4. The van der Waals surface area contributed by atoms with Crippen LogP contribution in [0.3, 0.4) is 0 Å². The summed E-state index contributed by atoms with van der Waals surface area (Å²) in [6.45, 7) is 4.84. The lowest BCUT2D eigenvalue weighted by molar-refractivity contribution is 0.475. The number of benzene rings is 1. The van der Waals surface area contributed by atoms with Gasteiger partial charge in [-0.2, -0.15) is 5.26 Å². The summed E-state index contributed by atoms with van der Waals surface area (Å²) in [7, 11) is 0. The van der Waals surface area contributed by atoms with E-state index in [0.29, 0.717) is 23.8 Å². The minimum absolute atomic E-state index is 0.268. The van der Waals surface area contributed by atoms with E-state index in [-0.39, 0.29) is 5.75 Å². The Labute approximate surface area is 125 Å². The second kappa shape index (κ2) is 6.76. The van der Waals surface area contributed by atoms with Crippen molar-refractivity contribution in [3.63, 3.8) is 0 Å². The van der Waals surface area contributed by atoms with Crippen LogP contribution in [0.4, 0.5) is 5.82 Å². The summed E-state index contributed by atoms with van der Waals surface area (Å²) in [6.07, 6.45) is 0.804. The molecule has 1 aromatic carbocycles. The number of nitrogens with zero attached hydrogens (tertiary/aromatic N) is 2.